The van der Waals surface area contributed by atoms with E-state index in [0.29, 0.717) is 0 Å². The standard InChI is InChI=1S/C14H11N3/c1-8-3-2-4-10-11-6-5-9-7-15-17-13(9)14(11)16-12(8)10/h2-7,16H,1H3,(H,15,17). The zero-order valence-electron chi connectivity index (χ0n) is 9.41. The fraction of sp³-hybridized carbons (Fsp3) is 0.0714. The van der Waals surface area contributed by atoms with Gasteiger partial charge in [-0.25, -0.2) is 0 Å². The minimum absolute atomic E-state index is 1.08. The number of aryl methyl sites for hydroxylation is 1. The lowest BCUT2D eigenvalue weighted by Gasteiger charge is -1.93. The molecule has 0 aliphatic carbocycles. The zero-order chi connectivity index (χ0) is 11.4. The van der Waals surface area contributed by atoms with Gasteiger partial charge in [0.2, 0.25) is 0 Å². The van der Waals surface area contributed by atoms with Gasteiger partial charge >= 0.3 is 0 Å². The largest absolute Gasteiger partial charge is 0.353 e. The molecule has 17 heavy (non-hydrogen) atoms. The Hall–Kier alpha value is -2.29. The van der Waals surface area contributed by atoms with Crippen LogP contribution in [0.4, 0.5) is 0 Å². The van der Waals surface area contributed by atoms with Gasteiger partial charge in [-0.2, -0.15) is 5.10 Å². The highest BCUT2D eigenvalue weighted by molar-refractivity contribution is 6.16. The maximum Gasteiger partial charge on any atom is 0.0891 e. The van der Waals surface area contributed by atoms with E-state index in [1.54, 1.807) is 0 Å². The lowest BCUT2D eigenvalue weighted by Crippen LogP contribution is -1.74. The second kappa shape index (κ2) is 2.88. The normalized spacial score (nSPS) is 11.8. The van der Waals surface area contributed by atoms with Crippen LogP contribution in [-0.4, -0.2) is 15.2 Å². The summed E-state index contributed by atoms with van der Waals surface area (Å²) in [5, 5.41) is 10.8. The summed E-state index contributed by atoms with van der Waals surface area (Å²) in [4.78, 5) is 3.50. The van der Waals surface area contributed by atoms with Crippen LogP contribution in [-0.2, 0) is 0 Å². The highest BCUT2D eigenvalue weighted by Gasteiger charge is 2.09. The summed E-state index contributed by atoms with van der Waals surface area (Å²) in [6.45, 7) is 2.13. The molecular weight excluding hydrogens is 210 g/mol. The molecule has 0 unspecified atom stereocenters. The third-order valence-corrected chi connectivity index (χ3v) is 3.43. The summed E-state index contributed by atoms with van der Waals surface area (Å²) in [7, 11) is 0. The average molecular weight is 221 g/mol. The van der Waals surface area contributed by atoms with E-state index < -0.39 is 0 Å². The topological polar surface area (TPSA) is 44.5 Å². The Labute approximate surface area is 97.4 Å². The molecule has 0 atom stereocenters. The van der Waals surface area contributed by atoms with Gasteiger partial charge in [-0.1, -0.05) is 30.3 Å². The van der Waals surface area contributed by atoms with Crippen LogP contribution in [0.25, 0.3) is 32.7 Å². The highest BCUT2D eigenvalue weighted by atomic mass is 15.1. The molecule has 3 nitrogen and oxygen atoms in total. The average Bonchev–Trinajstić information content (AvgIpc) is 2.91. The molecular formula is C14H11N3. The van der Waals surface area contributed by atoms with Crippen molar-refractivity contribution in [3.63, 3.8) is 0 Å². The predicted molar refractivity (Wildman–Crippen MR) is 70.2 cm³/mol. The van der Waals surface area contributed by atoms with Crippen molar-refractivity contribution >= 4 is 32.7 Å². The molecule has 2 aromatic heterocycles. The molecule has 4 rings (SSSR count). The zero-order valence-corrected chi connectivity index (χ0v) is 9.41. The number of aromatic nitrogens is 3. The van der Waals surface area contributed by atoms with E-state index in [-0.39, 0.29) is 0 Å². The van der Waals surface area contributed by atoms with Crippen molar-refractivity contribution in [1.29, 1.82) is 0 Å². The van der Waals surface area contributed by atoms with Crippen LogP contribution >= 0.6 is 0 Å². The van der Waals surface area contributed by atoms with Gasteiger partial charge in [-0.3, -0.25) is 5.10 Å². The number of hydrogen-bond acceptors (Lipinski definition) is 1. The Morgan fingerprint density at radius 2 is 1.82 bits per heavy atom. The molecule has 2 N–H and O–H groups in total. The first-order valence-electron chi connectivity index (χ1n) is 5.68. The third kappa shape index (κ3) is 1.03. The second-order valence-electron chi connectivity index (χ2n) is 4.44. The van der Waals surface area contributed by atoms with E-state index in [1.165, 1.54) is 21.9 Å². The van der Waals surface area contributed by atoms with Gasteiger partial charge in [0, 0.05) is 21.7 Å². The van der Waals surface area contributed by atoms with Gasteiger partial charge in [-0.15, -0.1) is 0 Å². The molecule has 0 aliphatic heterocycles. The first kappa shape index (κ1) is 8.82. The van der Waals surface area contributed by atoms with E-state index >= 15 is 0 Å². The van der Waals surface area contributed by atoms with Gasteiger partial charge < -0.3 is 4.98 Å². The fourth-order valence-electron chi connectivity index (χ4n) is 2.55. The van der Waals surface area contributed by atoms with Gasteiger partial charge in [0.1, 0.15) is 0 Å². The van der Waals surface area contributed by atoms with Gasteiger partial charge in [0.05, 0.1) is 17.2 Å². The van der Waals surface area contributed by atoms with Gasteiger partial charge in [0.15, 0.2) is 0 Å². The van der Waals surface area contributed by atoms with E-state index in [4.69, 9.17) is 0 Å². The molecule has 2 aromatic carbocycles. The van der Waals surface area contributed by atoms with Crippen molar-refractivity contribution < 1.29 is 0 Å². The van der Waals surface area contributed by atoms with Crippen molar-refractivity contribution in [2.24, 2.45) is 0 Å². The number of para-hydroxylation sites is 1. The first-order chi connectivity index (χ1) is 8.34. The maximum absolute atomic E-state index is 4.10. The monoisotopic (exact) mass is 221 g/mol. The van der Waals surface area contributed by atoms with E-state index in [1.807, 2.05) is 6.20 Å². The number of nitrogens with one attached hydrogen (secondary N) is 2. The number of rotatable bonds is 0. The Morgan fingerprint density at radius 3 is 2.76 bits per heavy atom. The fourth-order valence-corrected chi connectivity index (χ4v) is 2.55. The molecule has 4 aromatic rings. The van der Waals surface area contributed by atoms with Crippen LogP contribution in [0.5, 0.6) is 0 Å². The second-order valence-corrected chi connectivity index (χ2v) is 4.44. The molecule has 0 saturated heterocycles. The first-order valence-corrected chi connectivity index (χ1v) is 5.68. The number of aromatic amines is 2. The maximum atomic E-state index is 4.10. The van der Waals surface area contributed by atoms with Crippen LogP contribution < -0.4 is 0 Å². The van der Waals surface area contributed by atoms with Crippen LogP contribution in [0.3, 0.4) is 0 Å². The summed E-state index contributed by atoms with van der Waals surface area (Å²) in [5.74, 6) is 0. The van der Waals surface area contributed by atoms with Crippen LogP contribution in [0, 0.1) is 6.92 Å². The SMILES string of the molecule is Cc1cccc2c1[nH]c1c2ccc2cn[nH]c21. The molecule has 0 aliphatic rings. The van der Waals surface area contributed by atoms with Crippen molar-refractivity contribution in [2.45, 2.75) is 6.92 Å². The van der Waals surface area contributed by atoms with Crippen molar-refractivity contribution in [1.82, 2.24) is 15.2 Å². The Balaban J connectivity index is 2.36. The van der Waals surface area contributed by atoms with Crippen LogP contribution in [0.1, 0.15) is 5.56 Å². The summed E-state index contributed by atoms with van der Waals surface area (Å²) in [5.41, 5.74) is 4.71. The summed E-state index contributed by atoms with van der Waals surface area (Å²) < 4.78 is 0. The number of H-pyrrole nitrogens is 2. The molecule has 0 saturated carbocycles. The Kier molecular flexibility index (Phi) is 1.50. The number of nitrogens with zero attached hydrogens (tertiary/aromatic N) is 1. The van der Waals surface area contributed by atoms with Gasteiger partial charge in [0.25, 0.3) is 0 Å². The highest BCUT2D eigenvalue weighted by Crippen LogP contribution is 2.31. The quantitative estimate of drug-likeness (QED) is 0.469. The molecule has 2 heterocycles. The van der Waals surface area contributed by atoms with Crippen molar-refractivity contribution in [3.8, 4) is 0 Å². The number of fused-ring (bicyclic) bond motifs is 5. The van der Waals surface area contributed by atoms with Crippen LogP contribution in [0.15, 0.2) is 36.5 Å². The summed E-state index contributed by atoms with van der Waals surface area (Å²) in [6.07, 6.45) is 1.85. The summed E-state index contributed by atoms with van der Waals surface area (Å²) >= 11 is 0. The minimum atomic E-state index is 1.08. The van der Waals surface area contributed by atoms with Crippen molar-refractivity contribution in [3.05, 3.63) is 42.1 Å². The number of benzene rings is 2. The Morgan fingerprint density at radius 1 is 0.941 bits per heavy atom. The minimum Gasteiger partial charge on any atom is -0.353 e. The molecule has 0 radical (unpaired) electrons. The molecule has 0 fully saturated rings. The van der Waals surface area contributed by atoms with E-state index in [9.17, 15) is 0 Å². The number of hydrogen-bond donors (Lipinski definition) is 2. The van der Waals surface area contributed by atoms with E-state index in [0.717, 1.165) is 16.4 Å². The lowest BCUT2D eigenvalue weighted by molar-refractivity contribution is 1.12. The summed E-state index contributed by atoms with van der Waals surface area (Å²) in [6, 6.07) is 10.6. The smallest absolute Gasteiger partial charge is 0.0891 e. The molecule has 0 amide bonds. The Bertz CT molecular complexity index is 852. The van der Waals surface area contributed by atoms with Gasteiger partial charge in [-0.05, 0) is 12.5 Å². The third-order valence-electron chi connectivity index (χ3n) is 3.43. The molecule has 0 bridgehead atoms. The van der Waals surface area contributed by atoms with Crippen molar-refractivity contribution in [2.75, 3.05) is 0 Å². The molecule has 82 valence electrons. The van der Waals surface area contributed by atoms with Crippen LogP contribution in [0.2, 0.25) is 0 Å². The van der Waals surface area contributed by atoms with E-state index in [2.05, 4.69) is 52.4 Å². The predicted octanol–water partition coefficient (Wildman–Crippen LogP) is 3.51. The molecule has 3 heteroatoms. The molecule has 0 spiro atoms. The lowest BCUT2D eigenvalue weighted by atomic mass is 10.1.